The van der Waals surface area contributed by atoms with Crippen molar-refractivity contribution < 1.29 is 22.9 Å². The van der Waals surface area contributed by atoms with E-state index in [1.807, 2.05) is 38.1 Å². The lowest BCUT2D eigenvalue weighted by molar-refractivity contribution is -0.384. The molecule has 0 aliphatic carbocycles. The molecule has 196 valence electrons. The average Bonchev–Trinajstić information content (AvgIpc) is 2.81. The highest BCUT2D eigenvalue weighted by atomic mass is 32.2. The van der Waals surface area contributed by atoms with Gasteiger partial charge in [0.05, 0.1) is 16.9 Å². The first-order valence-electron chi connectivity index (χ1n) is 11.7. The molecule has 0 saturated carbocycles. The van der Waals surface area contributed by atoms with E-state index in [1.165, 1.54) is 17.0 Å². The fourth-order valence-corrected chi connectivity index (χ4v) is 4.48. The number of nitro benzene ring substituents is 1. The number of hydrogen-bond donors (Lipinski definition) is 1. The second kappa shape index (κ2) is 12.5. The van der Waals surface area contributed by atoms with Gasteiger partial charge in [-0.05, 0) is 38.3 Å². The van der Waals surface area contributed by atoms with Crippen molar-refractivity contribution in [3.63, 3.8) is 0 Å². The molecule has 11 heteroatoms. The smallest absolute Gasteiger partial charge is 0.271 e. The molecule has 10 nitrogen and oxygen atoms in total. The molecule has 0 heterocycles. The number of unbranched alkanes of at least 4 members (excludes halogenated alkanes) is 1. The van der Waals surface area contributed by atoms with Crippen LogP contribution in [-0.4, -0.2) is 55.4 Å². The lowest BCUT2D eigenvalue weighted by Crippen LogP contribution is -2.51. The Balaban J connectivity index is 2.43. The normalized spacial score (nSPS) is 12.0. The van der Waals surface area contributed by atoms with Gasteiger partial charge in [-0.1, -0.05) is 49.2 Å². The largest absolute Gasteiger partial charge is 0.354 e. The van der Waals surface area contributed by atoms with Crippen LogP contribution in [0.3, 0.4) is 0 Å². The second-order valence-corrected chi connectivity index (χ2v) is 10.7. The minimum Gasteiger partial charge on any atom is -0.354 e. The summed E-state index contributed by atoms with van der Waals surface area (Å²) in [6.07, 6.45) is 2.62. The number of carbonyl (C=O) groups is 2. The van der Waals surface area contributed by atoms with Gasteiger partial charge < -0.3 is 10.2 Å². The number of nitrogens with zero attached hydrogens (tertiary/aromatic N) is 3. The lowest BCUT2D eigenvalue weighted by Gasteiger charge is -2.32. The number of aryl methyl sites for hydroxylation is 2. The number of anilines is 1. The first-order chi connectivity index (χ1) is 16.8. The van der Waals surface area contributed by atoms with E-state index in [0.717, 1.165) is 40.6 Å². The standard InChI is InChI=1S/C25H34N4O6S/c1-6-7-14-26-25(31)20(4)27(16-21-11-8-18(2)9-12-21)24(30)17-28(36(5,34)35)23-15-22(29(32)33)13-10-19(23)3/h8-13,15,20H,6-7,14,16-17H2,1-5H3,(H,26,31)/t20-/m1/s1. The average molecular weight is 519 g/mol. The summed E-state index contributed by atoms with van der Waals surface area (Å²) in [7, 11) is -3.99. The monoisotopic (exact) mass is 518 g/mol. The number of carbonyl (C=O) groups excluding carboxylic acids is 2. The van der Waals surface area contributed by atoms with Gasteiger partial charge in [0, 0.05) is 25.2 Å². The molecule has 0 saturated heterocycles. The first-order valence-corrected chi connectivity index (χ1v) is 13.6. The number of nitrogens with one attached hydrogen (secondary N) is 1. The van der Waals surface area contributed by atoms with Crippen LogP contribution in [0.15, 0.2) is 42.5 Å². The van der Waals surface area contributed by atoms with Gasteiger partial charge in [-0.2, -0.15) is 0 Å². The Kier molecular flexibility index (Phi) is 9.97. The van der Waals surface area contributed by atoms with Crippen LogP contribution in [0, 0.1) is 24.0 Å². The summed E-state index contributed by atoms with van der Waals surface area (Å²) in [5, 5.41) is 14.1. The summed E-state index contributed by atoms with van der Waals surface area (Å²) in [5.41, 5.74) is 2.01. The van der Waals surface area contributed by atoms with Gasteiger partial charge in [-0.15, -0.1) is 0 Å². The molecule has 2 amide bonds. The number of nitro groups is 1. The summed E-state index contributed by atoms with van der Waals surface area (Å²) >= 11 is 0. The summed E-state index contributed by atoms with van der Waals surface area (Å²) in [6, 6.07) is 10.4. The molecular weight excluding hydrogens is 484 g/mol. The van der Waals surface area contributed by atoms with Crippen molar-refractivity contribution in [2.75, 3.05) is 23.7 Å². The van der Waals surface area contributed by atoms with E-state index in [1.54, 1.807) is 13.8 Å². The van der Waals surface area contributed by atoms with E-state index in [0.29, 0.717) is 12.1 Å². The molecule has 0 aliphatic heterocycles. The highest BCUT2D eigenvalue weighted by Gasteiger charge is 2.31. The Labute approximate surface area is 212 Å². The molecule has 0 fully saturated rings. The Morgan fingerprint density at radius 1 is 1.11 bits per heavy atom. The Bertz CT molecular complexity index is 1200. The minimum atomic E-state index is -3.99. The van der Waals surface area contributed by atoms with Crippen LogP contribution in [0.2, 0.25) is 0 Å². The van der Waals surface area contributed by atoms with E-state index in [2.05, 4.69) is 5.32 Å². The zero-order chi connectivity index (χ0) is 27.0. The SMILES string of the molecule is CCCCNC(=O)[C@@H](C)N(Cc1ccc(C)cc1)C(=O)CN(c1cc([N+](=O)[O-])ccc1C)S(C)(=O)=O. The summed E-state index contributed by atoms with van der Waals surface area (Å²) in [5.74, 6) is -0.952. The van der Waals surface area contributed by atoms with Gasteiger partial charge in [-0.3, -0.25) is 24.0 Å². The highest BCUT2D eigenvalue weighted by molar-refractivity contribution is 7.92. The topological polar surface area (TPSA) is 130 Å². The van der Waals surface area contributed by atoms with Gasteiger partial charge in [0.2, 0.25) is 21.8 Å². The Morgan fingerprint density at radius 2 is 1.75 bits per heavy atom. The van der Waals surface area contributed by atoms with Gasteiger partial charge in [0.25, 0.3) is 5.69 Å². The predicted octanol–water partition coefficient (Wildman–Crippen LogP) is 3.31. The van der Waals surface area contributed by atoms with Gasteiger partial charge in [-0.25, -0.2) is 8.42 Å². The van der Waals surface area contributed by atoms with Crippen LogP contribution in [0.1, 0.15) is 43.4 Å². The summed E-state index contributed by atoms with van der Waals surface area (Å²) in [6.45, 7) is 7.08. The van der Waals surface area contributed by atoms with Crippen LogP contribution >= 0.6 is 0 Å². The van der Waals surface area contributed by atoms with E-state index < -0.39 is 33.4 Å². The Hall–Kier alpha value is -3.47. The summed E-state index contributed by atoms with van der Waals surface area (Å²) < 4.78 is 26.3. The molecule has 1 atom stereocenters. The molecule has 36 heavy (non-hydrogen) atoms. The van der Waals surface area contributed by atoms with Crippen molar-refractivity contribution in [1.82, 2.24) is 10.2 Å². The molecule has 1 N–H and O–H groups in total. The van der Waals surface area contributed by atoms with Crippen molar-refractivity contribution in [3.05, 3.63) is 69.3 Å². The van der Waals surface area contributed by atoms with Crippen molar-refractivity contribution >= 4 is 33.2 Å². The fourth-order valence-electron chi connectivity index (χ4n) is 3.58. The maximum absolute atomic E-state index is 13.6. The molecule has 0 spiro atoms. The summed E-state index contributed by atoms with van der Waals surface area (Å²) in [4.78, 5) is 38.4. The molecule has 0 aliphatic rings. The van der Waals surface area contributed by atoms with Crippen LogP contribution < -0.4 is 9.62 Å². The van der Waals surface area contributed by atoms with E-state index >= 15 is 0 Å². The van der Waals surface area contributed by atoms with Crippen LogP contribution in [-0.2, 0) is 26.2 Å². The molecule has 0 bridgehead atoms. The second-order valence-electron chi connectivity index (χ2n) is 8.83. The van der Waals surface area contributed by atoms with Crippen molar-refractivity contribution in [2.45, 2.75) is 53.1 Å². The number of amides is 2. The zero-order valence-electron chi connectivity index (χ0n) is 21.4. The maximum atomic E-state index is 13.6. The van der Waals surface area contributed by atoms with Gasteiger partial charge in [0.1, 0.15) is 12.6 Å². The van der Waals surface area contributed by atoms with Crippen molar-refractivity contribution in [3.8, 4) is 0 Å². The van der Waals surface area contributed by atoms with E-state index in [-0.39, 0.29) is 23.8 Å². The molecule has 0 unspecified atom stereocenters. The fraction of sp³-hybridized carbons (Fsp3) is 0.440. The third kappa shape index (κ3) is 7.77. The van der Waals surface area contributed by atoms with Crippen LogP contribution in [0.4, 0.5) is 11.4 Å². The zero-order valence-corrected chi connectivity index (χ0v) is 22.2. The number of non-ortho nitro benzene ring substituents is 1. The number of benzene rings is 2. The third-order valence-corrected chi connectivity index (χ3v) is 6.95. The maximum Gasteiger partial charge on any atom is 0.271 e. The van der Waals surface area contributed by atoms with Gasteiger partial charge >= 0.3 is 0 Å². The van der Waals surface area contributed by atoms with Crippen molar-refractivity contribution in [2.24, 2.45) is 0 Å². The Morgan fingerprint density at radius 3 is 2.31 bits per heavy atom. The minimum absolute atomic E-state index is 0.0374. The van der Waals surface area contributed by atoms with Gasteiger partial charge in [0.15, 0.2) is 0 Å². The van der Waals surface area contributed by atoms with Crippen LogP contribution in [0.5, 0.6) is 0 Å². The molecule has 2 rings (SSSR count). The predicted molar refractivity (Wildman–Crippen MR) is 139 cm³/mol. The van der Waals surface area contributed by atoms with Crippen LogP contribution in [0.25, 0.3) is 0 Å². The molecule has 2 aromatic carbocycles. The van der Waals surface area contributed by atoms with Crippen molar-refractivity contribution in [1.29, 1.82) is 0 Å². The lowest BCUT2D eigenvalue weighted by atomic mass is 10.1. The quantitative estimate of drug-likeness (QED) is 0.261. The molecular formula is C25H34N4O6S. The number of hydrogen-bond acceptors (Lipinski definition) is 6. The molecule has 0 radical (unpaired) electrons. The van der Waals surface area contributed by atoms with E-state index in [4.69, 9.17) is 0 Å². The number of sulfonamides is 1. The highest BCUT2D eigenvalue weighted by Crippen LogP contribution is 2.28. The number of rotatable bonds is 12. The molecule has 2 aromatic rings. The molecule has 0 aromatic heterocycles. The third-order valence-electron chi connectivity index (χ3n) is 5.82. The first kappa shape index (κ1) is 28.8. The van der Waals surface area contributed by atoms with E-state index in [9.17, 15) is 28.1 Å².